The quantitative estimate of drug-likeness (QED) is 0.129. The first-order valence-corrected chi connectivity index (χ1v) is 21.2. The predicted octanol–water partition coefficient (Wildman–Crippen LogP) is 12.8. The Balaban J connectivity index is 1.09. The van der Waals surface area contributed by atoms with E-state index in [4.69, 9.17) is 0 Å². The average Bonchev–Trinajstić information content (AvgIpc) is 3.44. The molecular formula is C50H37NSi. The number of anilines is 3. The zero-order chi connectivity index (χ0) is 34.8. The van der Waals surface area contributed by atoms with Crippen LogP contribution in [0.3, 0.4) is 0 Å². The van der Waals surface area contributed by atoms with Crippen LogP contribution in [0.5, 0.6) is 0 Å². The number of rotatable bonds is 5. The van der Waals surface area contributed by atoms with Crippen LogP contribution < -0.4 is 15.3 Å². The van der Waals surface area contributed by atoms with Crippen molar-refractivity contribution in [3.05, 3.63) is 188 Å². The highest BCUT2D eigenvalue weighted by Crippen LogP contribution is 2.41. The van der Waals surface area contributed by atoms with Gasteiger partial charge in [-0.1, -0.05) is 153 Å². The summed E-state index contributed by atoms with van der Waals surface area (Å²) in [6.45, 7) is 4.96. The van der Waals surface area contributed by atoms with Crippen LogP contribution in [0.1, 0.15) is 0 Å². The lowest BCUT2D eigenvalue weighted by molar-refractivity contribution is 1.28. The van der Waals surface area contributed by atoms with Crippen LogP contribution in [0.25, 0.3) is 65.7 Å². The highest BCUT2D eigenvalue weighted by atomic mass is 28.3. The van der Waals surface area contributed by atoms with E-state index in [9.17, 15) is 0 Å². The Morgan fingerprint density at radius 3 is 1.42 bits per heavy atom. The molecule has 0 aliphatic carbocycles. The van der Waals surface area contributed by atoms with E-state index in [-0.39, 0.29) is 0 Å². The van der Waals surface area contributed by atoms with Crippen molar-refractivity contribution < 1.29 is 0 Å². The van der Waals surface area contributed by atoms with Gasteiger partial charge in [0.15, 0.2) is 0 Å². The van der Waals surface area contributed by atoms with Gasteiger partial charge in [0, 0.05) is 17.1 Å². The minimum absolute atomic E-state index is 1.12. The summed E-state index contributed by atoms with van der Waals surface area (Å²) in [6.07, 6.45) is 0. The lowest BCUT2D eigenvalue weighted by Gasteiger charge is -2.26. The van der Waals surface area contributed by atoms with Crippen molar-refractivity contribution in [2.45, 2.75) is 13.1 Å². The molecular weight excluding hydrogens is 643 g/mol. The van der Waals surface area contributed by atoms with Crippen LogP contribution in [0.2, 0.25) is 13.1 Å². The Kier molecular flexibility index (Phi) is 7.02. The Morgan fingerprint density at radius 2 is 0.769 bits per heavy atom. The Morgan fingerprint density at radius 1 is 0.308 bits per heavy atom. The fourth-order valence-corrected chi connectivity index (χ4v) is 11.7. The fourth-order valence-electron chi connectivity index (χ4n) is 8.66. The molecule has 9 aromatic carbocycles. The molecule has 2 heteroatoms. The maximum atomic E-state index is 2.48. The van der Waals surface area contributed by atoms with Gasteiger partial charge in [0.25, 0.3) is 0 Å². The molecule has 1 aliphatic heterocycles. The average molecular weight is 680 g/mol. The topological polar surface area (TPSA) is 3.24 Å². The number of hydrogen-bond acceptors (Lipinski definition) is 1. The van der Waals surface area contributed by atoms with Crippen molar-refractivity contribution in [3.63, 3.8) is 0 Å². The molecule has 246 valence electrons. The van der Waals surface area contributed by atoms with Gasteiger partial charge in [-0.3, -0.25) is 0 Å². The van der Waals surface area contributed by atoms with Crippen LogP contribution in [-0.4, -0.2) is 8.07 Å². The fraction of sp³-hybridized carbons (Fsp3) is 0.0400. The van der Waals surface area contributed by atoms with Gasteiger partial charge in [-0.2, -0.15) is 0 Å². The van der Waals surface area contributed by atoms with Gasteiger partial charge in [0.2, 0.25) is 0 Å². The van der Waals surface area contributed by atoms with E-state index in [1.165, 1.54) is 70.9 Å². The van der Waals surface area contributed by atoms with E-state index < -0.39 is 8.07 Å². The second kappa shape index (κ2) is 11.9. The highest BCUT2D eigenvalue weighted by molar-refractivity contribution is 7.03. The highest BCUT2D eigenvalue weighted by Gasteiger charge is 2.37. The molecule has 0 aromatic heterocycles. The molecule has 0 atom stereocenters. The zero-order valence-electron chi connectivity index (χ0n) is 29.3. The molecule has 0 bridgehead atoms. The van der Waals surface area contributed by atoms with Gasteiger partial charge >= 0.3 is 0 Å². The van der Waals surface area contributed by atoms with Crippen LogP contribution in [0.15, 0.2) is 188 Å². The Labute approximate surface area is 306 Å². The van der Waals surface area contributed by atoms with Crippen LogP contribution >= 0.6 is 0 Å². The second-order valence-corrected chi connectivity index (χ2v) is 18.9. The van der Waals surface area contributed by atoms with Gasteiger partial charge in [0.05, 0.1) is 0 Å². The molecule has 0 saturated heterocycles. The maximum absolute atomic E-state index is 2.48. The van der Waals surface area contributed by atoms with E-state index in [1.54, 1.807) is 5.19 Å². The first-order valence-electron chi connectivity index (χ1n) is 18.2. The predicted molar refractivity (Wildman–Crippen MR) is 227 cm³/mol. The molecule has 10 rings (SSSR count). The second-order valence-electron chi connectivity index (χ2n) is 14.6. The number of para-hydroxylation sites is 1. The van der Waals surface area contributed by atoms with E-state index in [0.29, 0.717) is 0 Å². The summed E-state index contributed by atoms with van der Waals surface area (Å²) in [4.78, 5) is 2.38. The summed E-state index contributed by atoms with van der Waals surface area (Å²) >= 11 is 0. The molecule has 9 aromatic rings. The van der Waals surface area contributed by atoms with Crippen molar-refractivity contribution in [1.82, 2.24) is 0 Å². The minimum atomic E-state index is -1.71. The minimum Gasteiger partial charge on any atom is -0.310 e. The van der Waals surface area contributed by atoms with Crippen molar-refractivity contribution in [2.75, 3.05) is 4.90 Å². The first-order chi connectivity index (χ1) is 25.5. The van der Waals surface area contributed by atoms with Crippen molar-refractivity contribution in [3.8, 4) is 33.4 Å². The Hall–Kier alpha value is -6.22. The number of benzene rings is 9. The molecule has 0 amide bonds. The normalized spacial score (nSPS) is 13.0. The SMILES string of the molecule is C[Si]1(C)c2ccccc2-c2cc(-c3cccc(N(c4ccccc4)c4cccc(-c5ccc6c7ccccc7c7ccccc7c6c5)c4)c3)ccc21. The van der Waals surface area contributed by atoms with Gasteiger partial charge in [-0.25, -0.2) is 0 Å². The molecule has 1 heterocycles. The zero-order valence-corrected chi connectivity index (χ0v) is 30.3. The lowest BCUT2D eigenvalue weighted by atomic mass is 9.92. The lowest BCUT2D eigenvalue weighted by Crippen LogP contribution is -2.49. The molecule has 0 radical (unpaired) electrons. The van der Waals surface area contributed by atoms with Crippen molar-refractivity contribution in [2.24, 2.45) is 0 Å². The molecule has 1 nitrogen and oxygen atoms in total. The van der Waals surface area contributed by atoms with Crippen LogP contribution in [0, 0.1) is 0 Å². The van der Waals surface area contributed by atoms with Gasteiger partial charge in [-0.05, 0) is 125 Å². The number of fused-ring (bicyclic) bond motifs is 9. The maximum Gasteiger partial charge on any atom is 0.113 e. The molecule has 0 spiro atoms. The smallest absolute Gasteiger partial charge is 0.113 e. The summed E-state index contributed by atoms with van der Waals surface area (Å²) in [5.74, 6) is 0. The van der Waals surface area contributed by atoms with Crippen LogP contribution in [-0.2, 0) is 0 Å². The first kappa shape index (κ1) is 30.6. The number of nitrogens with zero attached hydrogens (tertiary/aromatic N) is 1. The summed E-state index contributed by atoms with van der Waals surface area (Å²) in [5.41, 5.74) is 11.1. The van der Waals surface area contributed by atoms with E-state index in [0.717, 1.165) is 17.1 Å². The van der Waals surface area contributed by atoms with Gasteiger partial charge < -0.3 is 4.90 Å². The van der Waals surface area contributed by atoms with Crippen molar-refractivity contribution in [1.29, 1.82) is 0 Å². The van der Waals surface area contributed by atoms with Crippen molar-refractivity contribution >= 4 is 67.8 Å². The summed E-state index contributed by atoms with van der Waals surface area (Å²) in [5, 5.41) is 10.8. The summed E-state index contributed by atoms with van der Waals surface area (Å²) < 4.78 is 0. The number of hydrogen-bond donors (Lipinski definition) is 0. The third kappa shape index (κ3) is 4.83. The summed E-state index contributed by atoms with van der Waals surface area (Å²) in [6, 6.07) is 69.5. The third-order valence-corrected chi connectivity index (χ3v) is 14.8. The standard InChI is InChI=1S/C50H37NSi/c1-52(2)49-25-11-10-24-46(49)48-33-37(27-29-50(48)52)35-15-13-19-40(31-35)51(38-16-4-3-5-17-38)39-18-12-14-34(30-39)36-26-28-45-43-22-7-6-20-41(43)42-21-8-9-23-44(42)47(45)32-36/h3-33H,1-2H3. The molecule has 0 unspecified atom stereocenters. The van der Waals surface area contributed by atoms with E-state index in [1.807, 2.05) is 0 Å². The largest absolute Gasteiger partial charge is 0.310 e. The Bertz CT molecular complexity index is 2800. The van der Waals surface area contributed by atoms with Crippen LogP contribution in [0.4, 0.5) is 17.1 Å². The van der Waals surface area contributed by atoms with E-state index >= 15 is 0 Å². The molecule has 0 saturated carbocycles. The monoisotopic (exact) mass is 679 g/mol. The summed E-state index contributed by atoms with van der Waals surface area (Å²) in [7, 11) is -1.71. The van der Waals surface area contributed by atoms with Gasteiger partial charge in [0.1, 0.15) is 8.07 Å². The molecule has 0 fully saturated rings. The van der Waals surface area contributed by atoms with Gasteiger partial charge in [-0.15, -0.1) is 0 Å². The molecule has 1 aliphatic rings. The molecule has 0 N–H and O–H groups in total. The van der Waals surface area contributed by atoms with E-state index in [2.05, 4.69) is 206 Å². The third-order valence-electron chi connectivity index (χ3n) is 11.2. The molecule has 52 heavy (non-hydrogen) atoms.